The van der Waals surface area contributed by atoms with Crippen molar-refractivity contribution in [1.82, 2.24) is 5.32 Å². The lowest BCUT2D eigenvalue weighted by Crippen LogP contribution is -2.16. The summed E-state index contributed by atoms with van der Waals surface area (Å²) in [6.07, 6.45) is 0.713. The van der Waals surface area contributed by atoms with Gasteiger partial charge in [0.15, 0.2) is 0 Å². The Balaban J connectivity index is 2.57. The highest BCUT2D eigenvalue weighted by Gasteiger charge is 2.06. The molecule has 0 heterocycles. The van der Waals surface area contributed by atoms with Crippen molar-refractivity contribution < 1.29 is 15.0 Å². The van der Waals surface area contributed by atoms with Crippen LogP contribution < -0.4 is 5.32 Å². The van der Waals surface area contributed by atoms with E-state index in [9.17, 15) is 4.79 Å². The molecule has 1 aromatic rings. The van der Waals surface area contributed by atoms with Crippen LogP contribution >= 0.6 is 15.9 Å². The SMILES string of the molecule is O=C(O)c1ccc(CNCCCO)c(Br)c1. The van der Waals surface area contributed by atoms with E-state index in [0.717, 1.165) is 16.6 Å². The second-order valence-electron chi connectivity index (χ2n) is 3.37. The van der Waals surface area contributed by atoms with E-state index < -0.39 is 5.97 Å². The highest BCUT2D eigenvalue weighted by atomic mass is 79.9. The predicted molar refractivity (Wildman–Crippen MR) is 64.5 cm³/mol. The zero-order valence-electron chi connectivity index (χ0n) is 8.74. The topological polar surface area (TPSA) is 69.6 Å². The van der Waals surface area contributed by atoms with Crippen LogP contribution in [0.1, 0.15) is 22.3 Å². The van der Waals surface area contributed by atoms with Gasteiger partial charge in [-0.3, -0.25) is 0 Å². The van der Waals surface area contributed by atoms with Crippen molar-refractivity contribution in [3.63, 3.8) is 0 Å². The van der Waals surface area contributed by atoms with Gasteiger partial charge in [0.05, 0.1) is 5.56 Å². The minimum Gasteiger partial charge on any atom is -0.478 e. The van der Waals surface area contributed by atoms with Crippen LogP contribution in [-0.2, 0) is 6.54 Å². The fourth-order valence-corrected chi connectivity index (χ4v) is 1.77. The Labute approximate surface area is 102 Å². The van der Waals surface area contributed by atoms with Gasteiger partial charge in [-0.15, -0.1) is 0 Å². The molecule has 1 aromatic carbocycles. The lowest BCUT2D eigenvalue weighted by molar-refractivity contribution is 0.0697. The fraction of sp³-hybridized carbons (Fsp3) is 0.364. The summed E-state index contributed by atoms with van der Waals surface area (Å²) in [5.74, 6) is -0.930. The van der Waals surface area contributed by atoms with Gasteiger partial charge in [-0.05, 0) is 30.7 Å². The Hall–Kier alpha value is -0.910. The smallest absolute Gasteiger partial charge is 0.335 e. The number of halogens is 1. The standard InChI is InChI=1S/C11H14BrNO3/c12-10-6-8(11(15)16)2-3-9(10)7-13-4-1-5-14/h2-3,6,13-14H,1,4-5,7H2,(H,15,16). The Bertz CT molecular complexity index is 368. The van der Waals surface area contributed by atoms with E-state index in [1.165, 1.54) is 0 Å². The zero-order valence-corrected chi connectivity index (χ0v) is 10.3. The summed E-state index contributed by atoms with van der Waals surface area (Å²) in [5.41, 5.74) is 1.27. The van der Waals surface area contributed by atoms with Crippen molar-refractivity contribution in [3.05, 3.63) is 33.8 Å². The molecule has 0 spiro atoms. The van der Waals surface area contributed by atoms with E-state index in [0.29, 0.717) is 13.0 Å². The monoisotopic (exact) mass is 287 g/mol. The summed E-state index contributed by atoms with van der Waals surface area (Å²) in [6.45, 7) is 1.57. The van der Waals surface area contributed by atoms with E-state index in [-0.39, 0.29) is 12.2 Å². The maximum atomic E-state index is 10.7. The molecule has 0 aromatic heterocycles. The molecule has 0 amide bonds. The van der Waals surface area contributed by atoms with Crippen molar-refractivity contribution in [3.8, 4) is 0 Å². The van der Waals surface area contributed by atoms with Crippen LogP contribution in [0, 0.1) is 0 Å². The molecule has 0 aliphatic carbocycles. The van der Waals surface area contributed by atoms with E-state index in [2.05, 4.69) is 21.2 Å². The summed E-state index contributed by atoms with van der Waals surface area (Å²) in [7, 11) is 0. The van der Waals surface area contributed by atoms with Crippen molar-refractivity contribution >= 4 is 21.9 Å². The predicted octanol–water partition coefficient (Wildman–Crippen LogP) is 1.62. The molecule has 88 valence electrons. The molecule has 0 saturated carbocycles. The third-order valence-corrected chi connectivity index (χ3v) is 2.87. The quantitative estimate of drug-likeness (QED) is 0.696. The molecule has 16 heavy (non-hydrogen) atoms. The molecule has 0 aliphatic heterocycles. The molecule has 3 N–H and O–H groups in total. The van der Waals surface area contributed by atoms with Gasteiger partial charge in [-0.25, -0.2) is 4.79 Å². The van der Waals surface area contributed by atoms with Gasteiger partial charge in [-0.2, -0.15) is 0 Å². The number of aliphatic hydroxyl groups is 1. The van der Waals surface area contributed by atoms with Crippen LogP contribution in [0.5, 0.6) is 0 Å². The molecule has 0 saturated heterocycles. The van der Waals surface area contributed by atoms with Crippen LogP contribution in [0.2, 0.25) is 0 Å². The van der Waals surface area contributed by atoms with Crippen LogP contribution in [0.4, 0.5) is 0 Å². The third kappa shape index (κ3) is 3.92. The second-order valence-corrected chi connectivity index (χ2v) is 4.22. The van der Waals surface area contributed by atoms with Crippen molar-refractivity contribution in [1.29, 1.82) is 0 Å². The van der Waals surface area contributed by atoms with Crippen molar-refractivity contribution in [2.75, 3.05) is 13.2 Å². The maximum absolute atomic E-state index is 10.7. The van der Waals surface area contributed by atoms with Crippen LogP contribution in [-0.4, -0.2) is 29.3 Å². The minimum atomic E-state index is -0.930. The van der Waals surface area contributed by atoms with Crippen molar-refractivity contribution in [2.45, 2.75) is 13.0 Å². The summed E-state index contributed by atoms with van der Waals surface area (Å²) in [6, 6.07) is 4.95. The molecule has 0 fully saturated rings. The summed E-state index contributed by atoms with van der Waals surface area (Å²) >= 11 is 3.33. The molecule has 0 bridgehead atoms. The Morgan fingerprint density at radius 1 is 1.44 bits per heavy atom. The van der Waals surface area contributed by atoms with Crippen LogP contribution in [0.25, 0.3) is 0 Å². The normalized spacial score (nSPS) is 10.4. The van der Waals surface area contributed by atoms with E-state index in [1.54, 1.807) is 18.2 Å². The summed E-state index contributed by atoms with van der Waals surface area (Å²) < 4.78 is 0.781. The first-order valence-electron chi connectivity index (χ1n) is 4.98. The molecule has 0 aliphatic rings. The first-order valence-corrected chi connectivity index (χ1v) is 5.77. The number of rotatable bonds is 6. The maximum Gasteiger partial charge on any atom is 0.335 e. The van der Waals surface area contributed by atoms with Gasteiger partial charge in [-0.1, -0.05) is 22.0 Å². The number of benzene rings is 1. The Kier molecular flexibility index (Phi) is 5.45. The van der Waals surface area contributed by atoms with E-state index in [1.807, 2.05) is 0 Å². The van der Waals surface area contributed by atoms with Gasteiger partial charge in [0, 0.05) is 17.6 Å². The van der Waals surface area contributed by atoms with E-state index >= 15 is 0 Å². The van der Waals surface area contributed by atoms with Gasteiger partial charge in [0.1, 0.15) is 0 Å². The largest absolute Gasteiger partial charge is 0.478 e. The third-order valence-electron chi connectivity index (χ3n) is 2.13. The van der Waals surface area contributed by atoms with E-state index in [4.69, 9.17) is 10.2 Å². The lowest BCUT2D eigenvalue weighted by atomic mass is 10.1. The van der Waals surface area contributed by atoms with Gasteiger partial charge in [0.2, 0.25) is 0 Å². The molecule has 0 radical (unpaired) electrons. The number of carbonyl (C=O) groups is 1. The molecule has 4 nitrogen and oxygen atoms in total. The zero-order chi connectivity index (χ0) is 12.0. The summed E-state index contributed by atoms with van der Waals surface area (Å²) in [4.78, 5) is 10.7. The molecule has 5 heteroatoms. The number of hydrogen-bond donors (Lipinski definition) is 3. The molecule has 1 rings (SSSR count). The first-order chi connectivity index (χ1) is 7.65. The van der Waals surface area contributed by atoms with Gasteiger partial charge >= 0.3 is 5.97 Å². The number of nitrogens with one attached hydrogen (secondary N) is 1. The lowest BCUT2D eigenvalue weighted by Gasteiger charge is -2.07. The van der Waals surface area contributed by atoms with Crippen LogP contribution in [0.3, 0.4) is 0 Å². The number of carboxylic acids is 1. The average molecular weight is 288 g/mol. The molecular formula is C11H14BrNO3. The number of carboxylic acid groups (broad SMARTS) is 1. The molecule has 0 unspecified atom stereocenters. The first kappa shape index (κ1) is 13.2. The highest BCUT2D eigenvalue weighted by molar-refractivity contribution is 9.10. The average Bonchev–Trinajstić information content (AvgIpc) is 2.26. The molecule has 0 atom stereocenters. The summed E-state index contributed by atoms with van der Waals surface area (Å²) in [5, 5.41) is 20.5. The minimum absolute atomic E-state index is 0.173. The Morgan fingerprint density at radius 2 is 2.19 bits per heavy atom. The second kappa shape index (κ2) is 6.62. The van der Waals surface area contributed by atoms with Crippen LogP contribution in [0.15, 0.2) is 22.7 Å². The van der Waals surface area contributed by atoms with Gasteiger partial charge < -0.3 is 15.5 Å². The number of hydrogen-bond acceptors (Lipinski definition) is 3. The Morgan fingerprint density at radius 3 is 2.75 bits per heavy atom. The van der Waals surface area contributed by atoms with Crippen molar-refractivity contribution in [2.24, 2.45) is 0 Å². The molecular weight excluding hydrogens is 274 g/mol. The van der Waals surface area contributed by atoms with Gasteiger partial charge in [0.25, 0.3) is 0 Å². The highest BCUT2D eigenvalue weighted by Crippen LogP contribution is 2.18. The fourth-order valence-electron chi connectivity index (χ4n) is 1.25. The number of aliphatic hydroxyl groups excluding tert-OH is 1. The number of aromatic carboxylic acids is 1.